The lowest BCUT2D eigenvalue weighted by Crippen LogP contribution is -2.33. The number of anilines is 1. The molecule has 1 atom stereocenters. The summed E-state index contributed by atoms with van der Waals surface area (Å²) in [4.78, 5) is 26.5. The molecule has 0 saturated heterocycles. The minimum absolute atomic E-state index is 0.139. The van der Waals surface area contributed by atoms with E-state index in [9.17, 15) is 9.59 Å². The third-order valence-electron chi connectivity index (χ3n) is 5.42. The molecule has 4 rings (SSSR count). The maximum absolute atomic E-state index is 12.4. The van der Waals surface area contributed by atoms with E-state index >= 15 is 0 Å². The van der Waals surface area contributed by atoms with Crippen LogP contribution in [0, 0.1) is 0 Å². The summed E-state index contributed by atoms with van der Waals surface area (Å²) in [5.41, 5.74) is 3.96. The Hall–Kier alpha value is -3.81. The van der Waals surface area contributed by atoms with E-state index in [1.54, 1.807) is 25.3 Å². The number of ether oxygens (including phenoxy) is 3. The molecule has 0 fully saturated rings. The maximum atomic E-state index is 12.4. The van der Waals surface area contributed by atoms with Crippen LogP contribution >= 0.6 is 11.8 Å². The van der Waals surface area contributed by atoms with Crippen LogP contribution in [0.1, 0.15) is 16.7 Å². The zero-order valence-electron chi connectivity index (χ0n) is 18.6. The summed E-state index contributed by atoms with van der Waals surface area (Å²) >= 11 is 5.65. The summed E-state index contributed by atoms with van der Waals surface area (Å²) in [5, 5.41) is 2.87. The van der Waals surface area contributed by atoms with Crippen LogP contribution < -0.4 is 19.6 Å². The molecule has 0 bridgehead atoms. The molecular formula is C26H23ClN2O5. The van der Waals surface area contributed by atoms with Gasteiger partial charge in [0, 0.05) is 16.8 Å². The van der Waals surface area contributed by atoms with E-state index < -0.39 is 12.0 Å². The quantitative estimate of drug-likeness (QED) is 0.274. The van der Waals surface area contributed by atoms with E-state index in [0.717, 1.165) is 22.4 Å². The second-order valence-corrected chi connectivity index (χ2v) is 7.82. The summed E-state index contributed by atoms with van der Waals surface area (Å²) in [6, 6.07) is 19.7. The summed E-state index contributed by atoms with van der Waals surface area (Å²) in [6.07, 6.45) is 2.20. The van der Waals surface area contributed by atoms with Gasteiger partial charge in [0.2, 0.25) is 0 Å². The molecule has 3 aromatic carbocycles. The largest absolute Gasteiger partial charge is 0.493 e. The smallest absolute Gasteiger partial charge is 0.324 e. The lowest BCUT2D eigenvalue weighted by molar-refractivity contribution is -0.142. The fourth-order valence-electron chi connectivity index (χ4n) is 3.67. The Morgan fingerprint density at radius 2 is 1.82 bits per heavy atom. The molecule has 0 saturated carbocycles. The molecule has 0 aliphatic carbocycles. The van der Waals surface area contributed by atoms with Gasteiger partial charge in [-0.25, -0.2) is 4.84 Å². The first-order valence-corrected chi connectivity index (χ1v) is 10.9. The highest BCUT2D eigenvalue weighted by Crippen LogP contribution is 2.36. The standard InChI is InChI=1S/C26H23ClN2O5/c1-32-24-15-17(13-20-19-5-3-4-6-21(19)28-25(20)30)9-12-23(24)34-18-10-7-16(8-11-18)14-22(29-27)26(31)33-2/h3-13,15,22,29H,14H2,1-2H3,(H,28,30)/b20-13+/t22-/m1/s1. The number of carbonyl (C=O) groups excluding carboxylic acids is 2. The van der Waals surface area contributed by atoms with E-state index in [2.05, 4.69) is 10.2 Å². The topological polar surface area (TPSA) is 85.9 Å². The van der Waals surface area contributed by atoms with Crippen LogP contribution in [0.3, 0.4) is 0 Å². The van der Waals surface area contributed by atoms with Crippen LogP contribution in [0.4, 0.5) is 5.69 Å². The van der Waals surface area contributed by atoms with E-state index in [1.165, 1.54) is 7.11 Å². The number of esters is 1. The van der Waals surface area contributed by atoms with Crippen LogP contribution in [0.2, 0.25) is 0 Å². The zero-order valence-corrected chi connectivity index (χ0v) is 19.4. The van der Waals surface area contributed by atoms with Crippen molar-refractivity contribution in [3.8, 4) is 17.2 Å². The Balaban J connectivity index is 1.51. The predicted molar refractivity (Wildman–Crippen MR) is 131 cm³/mol. The van der Waals surface area contributed by atoms with Crippen LogP contribution in [-0.2, 0) is 20.7 Å². The Morgan fingerprint density at radius 3 is 2.53 bits per heavy atom. The number of carbonyl (C=O) groups is 2. The summed E-state index contributed by atoms with van der Waals surface area (Å²) in [6.45, 7) is 0. The zero-order chi connectivity index (χ0) is 24.1. The molecule has 174 valence electrons. The van der Waals surface area contributed by atoms with Crippen molar-refractivity contribution < 1.29 is 23.8 Å². The highest BCUT2D eigenvalue weighted by Gasteiger charge is 2.23. The van der Waals surface area contributed by atoms with Crippen LogP contribution in [0.25, 0.3) is 11.6 Å². The van der Waals surface area contributed by atoms with Crippen LogP contribution in [0.15, 0.2) is 66.7 Å². The van der Waals surface area contributed by atoms with Gasteiger partial charge in [-0.3, -0.25) is 9.59 Å². The fraction of sp³-hybridized carbons (Fsp3) is 0.154. The molecule has 1 amide bonds. The van der Waals surface area contributed by atoms with E-state index in [1.807, 2.05) is 54.6 Å². The molecular weight excluding hydrogens is 456 g/mol. The third-order valence-corrected chi connectivity index (χ3v) is 5.68. The van der Waals surface area contributed by atoms with Gasteiger partial charge in [-0.15, -0.1) is 0 Å². The molecule has 2 N–H and O–H groups in total. The van der Waals surface area contributed by atoms with Gasteiger partial charge < -0.3 is 19.5 Å². The minimum Gasteiger partial charge on any atom is -0.493 e. The van der Waals surface area contributed by atoms with Crippen molar-refractivity contribution in [2.24, 2.45) is 0 Å². The van der Waals surface area contributed by atoms with Crippen molar-refractivity contribution in [3.63, 3.8) is 0 Å². The second kappa shape index (κ2) is 10.4. The molecule has 1 heterocycles. The predicted octanol–water partition coefficient (Wildman–Crippen LogP) is 4.81. The summed E-state index contributed by atoms with van der Waals surface area (Å²) < 4.78 is 16.2. The first-order valence-electron chi connectivity index (χ1n) is 10.5. The number of halogens is 1. The third kappa shape index (κ3) is 5.06. The number of methoxy groups -OCH3 is 2. The molecule has 1 aliphatic rings. The van der Waals surface area contributed by atoms with E-state index in [4.69, 9.17) is 26.0 Å². The Morgan fingerprint density at radius 1 is 1.06 bits per heavy atom. The van der Waals surface area contributed by atoms with Crippen molar-refractivity contribution in [1.82, 2.24) is 4.84 Å². The average Bonchev–Trinajstić information content (AvgIpc) is 3.18. The summed E-state index contributed by atoms with van der Waals surface area (Å²) in [7, 11) is 2.88. The van der Waals surface area contributed by atoms with Crippen molar-refractivity contribution in [2.45, 2.75) is 12.5 Å². The number of para-hydroxylation sites is 1. The van der Waals surface area contributed by atoms with Gasteiger partial charge in [-0.1, -0.05) is 36.4 Å². The molecule has 7 nitrogen and oxygen atoms in total. The number of benzene rings is 3. The number of nitrogens with one attached hydrogen (secondary N) is 2. The van der Waals surface area contributed by atoms with Gasteiger partial charge in [-0.2, -0.15) is 0 Å². The molecule has 3 aromatic rings. The lowest BCUT2D eigenvalue weighted by atomic mass is 10.0. The highest BCUT2D eigenvalue weighted by molar-refractivity contribution is 6.34. The SMILES string of the molecule is COC(=O)[C@@H](Cc1ccc(Oc2ccc(/C=C3/C(=O)Nc4ccccc43)cc2OC)cc1)NCl. The average molecular weight is 479 g/mol. The number of fused-ring (bicyclic) bond motifs is 1. The number of amides is 1. The Kier molecular flexibility index (Phi) is 7.15. The molecule has 8 heteroatoms. The molecule has 0 radical (unpaired) electrons. The van der Waals surface area contributed by atoms with Gasteiger partial charge in [0.15, 0.2) is 11.5 Å². The Bertz CT molecular complexity index is 1240. The van der Waals surface area contributed by atoms with Crippen LogP contribution in [-0.4, -0.2) is 32.1 Å². The highest BCUT2D eigenvalue weighted by atomic mass is 35.5. The van der Waals surface area contributed by atoms with Crippen molar-refractivity contribution in [2.75, 3.05) is 19.5 Å². The van der Waals surface area contributed by atoms with Gasteiger partial charge in [-0.05, 0) is 65.7 Å². The summed E-state index contributed by atoms with van der Waals surface area (Å²) in [5.74, 6) is 1.09. The molecule has 34 heavy (non-hydrogen) atoms. The molecule has 0 aromatic heterocycles. The first kappa shape index (κ1) is 23.4. The van der Waals surface area contributed by atoms with Gasteiger partial charge in [0.25, 0.3) is 5.91 Å². The van der Waals surface area contributed by atoms with E-state index in [-0.39, 0.29) is 5.91 Å². The fourth-order valence-corrected chi connectivity index (χ4v) is 3.84. The van der Waals surface area contributed by atoms with Gasteiger partial charge in [0.05, 0.1) is 14.2 Å². The minimum atomic E-state index is -0.644. The monoisotopic (exact) mass is 478 g/mol. The molecule has 0 unspecified atom stereocenters. The number of hydrogen-bond acceptors (Lipinski definition) is 6. The molecule has 0 spiro atoms. The van der Waals surface area contributed by atoms with Crippen molar-refractivity contribution >= 4 is 41.0 Å². The van der Waals surface area contributed by atoms with Gasteiger partial charge >= 0.3 is 5.97 Å². The van der Waals surface area contributed by atoms with Crippen LogP contribution in [0.5, 0.6) is 17.2 Å². The van der Waals surface area contributed by atoms with Crippen molar-refractivity contribution in [3.05, 3.63) is 83.4 Å². The van der Waals surface area contributed by atoms with Crippen molar-refractivity contribution in [1.29, 1.82) is 0 Å². The normalized spacial score (nSPS) is 14.3. The molecule has 1 aliphatic heterocycles. The first-order chi connectivity index (χ1) is 16.5. The Labute approximate surface area is 202 Å². The number of rotatable bonds is 8. The van der Waals surface area contributed by atoms with E-state index in [0.29, 0.717) is 29.2 Å². The van der Waals surface area contributed by atoms with Gasteiger partial charge in [0.1, 0.15) is 11.8 Å². The number of hydrogen-bond donors (Lipinski definition) is 2. The second-order valence-electron chi connectivity index (χ2n) is 7.60. The lowest BCUT2D eigenvalue weighted by Gasteiger charge is -2.14. The maximum Gasteiger partial charge on any atom is 0.324 e.